The van der Waals surface area contributed by atoms with Crippen LogP contribution in [0.3, 0.4) is 0 Å². The summed E-state index contributed by atoms with van der Waals surface area (Å²) in [7, 11) is 4.01. The van der Waals surface area contributed by atoms with Gasteiger partial charge in [-0.1, -0.05) is 91.9 Å². The Balaban J connectivity index is 1.92. The largest absolute Gasteiger partial charge is 0.297 e. The Morgan fingerprint density at radius 2 is 1.30 bits per heavy atom. The minimum Gasteiger partial charge on any atom is -0.297 e. The van der Waals surface area contributed by atoms with Crippen LogP contribution < -0.4 is 0 Å². The lowest BCUT2D eigenvalue weighted by Crippen LogP contribution is -2.52. The van der Waals surface area contributed by atoms with Gasteiger partial charge < -0.3 is 0 Å². The van der Waals surface area contributed by atoms with E-state index in [1.54, 1.807) is 0 Å². The van der Waals surface area contributed by atoms with Crippen molar-refractivity contribution in [3.05, 3.63) is 96.1 Å². The molecule has 0 fully saturated rings. The zero-order valence-corrected chi connectivity index (χ0v) is 16.4. The quantitative estimate of drug-likeness (QED) is 0.521. The van der Waals surface area contributed by atoms with Crippen molar-refractivity contribution in [1.29, 1.82) is 0 Å². The van der Waals surface area contributed by atoms with Gasteiger partial charge in [0.05, 0.1) is 5.54 Å². The lowest BCUT2D eigenvalue weighted by atomic mass is 9.80. The monoisotopic (exact) mass is 357 g/mol. The van der Waals surface area contributed by atoms with Crippen molar-refractivity contribution >= 4 is 5.78 Å². The topological polar surface area (TPSA) is 20.3 Å². The molecule has 0 aromatic heterocycles. The molecule has 0 bridgehead atoms. The zero-order chi connectivity index (χ0) is 19.3. The molecule has 3 aromatic carbocycles. The van der Waals surface area contributed by atoms with Crippen LogP contribution >= 0.6 is 0 Å². The fourth-order valence-electron chi connectivity index (χ4n) is 3.69. The molecule has 0 aliphatic heterocycles. The van der Waals surface area contributed by atoms with Crippen molar-refractivity contribution in [1.82, 2.24) is 4.90 Å². The van der Waals surface area contributed by atoms with Gasteiger partial charge in [0, 0.05) is 5.56 Å². The Morgan fingerprint density at radius 1 is 0.778 bits per heavy atom. The molecule has 0 saturated carbocycles. The van der Waals surface area contributed by atoms with E-state index in [-0.39, 0.29) is 5.78 Å². The van der Waals surface area contributed by atoms with Crippen LogP contribution in [-0.4, -0.2) is 30.3 Å². The summed E-state index contributed by atoms with van der Waals surface area (Å²) in [6, 6.07) is 28.5. The molecular weight excluding hydrogens is 330 g/mol. The van der Waals surface area contributed by atoms with E-state index in [0.29, 0.717) is 6.42 Å². The molecule has 3 rings (SSSR count). The Kier molecular flexibility index (Phi) is 5.88. The summed E-state index contributed by atoms with van der Waals surface area (Å²) in [4.78, 5) is 15.6. The predicted octanol–water partition coefficient (Wildman–Crippen LogP) is 5.49. The van der Waals surface area contributed by atoms with E-state index in [1.165, 1.54) is 5.56 Å². The number of nitrogens with zero attached hydrogens (tertiary/aromatic N) is 1. The van der Waals surface area contributed by atoms with E-state index in [9.17, 15) is 4.79 Å². The second-order valence-electron chi connectivity index (χ2n) is 7.21. The van der Waals surface area contributed by atoms with Crippen molar-refractivity contribution in [3.8, 4) is 11.1 Å². The molecular formula is C25H27NO. The van der Waals surface area contributed by atoms with Crippen LogP contribution in [0.4, 0.5) is 0 Å². The number of carbonyl (C=O) groups excluding carboxylic acids is 1. The van der Waals surface area contributed by atoms with Gasteiger partial charge in [0.25, 0.3) is 0 Å². The van der Waals surface area contributed by atoms with E-state index in [4.69, 9.17) is 0 Å². The Bertz CT molecular complexity index is 869. The number of benzene rings is 3. The molecule has 138 valence electrons. The summed E-state index contributed by atoms with van der Waals surface area (Å²) in [6.07, 6.45) is 1.46. The number of carbonyl (C=O) groups is 1. The molecule has 2 nitrogen and oxygen atoms in total. The molecule has 0 amide bonds. The van der Waals surface area contributed by atoms with Crippen LogP contribution in [0, 0.1) is 0 Å². The Labute approximate surface area is 162 Å². The fourth-order valence-corrected chi connectivity index (χ4v) is 3.69. The van der Waals surface area contributed by atoms with E-state index >= 15 is 0 Å². The molecule has 27 heavy (non-hydrogen) atoms. The van der Waals surface area contributed by atoms with Crippen LogP contribution in [0.1, 0.15) is 29.3 Å². The van der Waals surface area contributed by atoms with Crippen molar-refractivity contribution in [2.24, 2.45) is 0 Å². The number of ketones is 1. The molecule has 0 spiro atoms. The van der Waals surface area contributed by atoms with Crippen molar-refractivity contribution in [2.45, 2.75) is 25.3 Å². The van der Waals surface area contributed by atoms with E-state index in [1.807, 2.05) is 74.8 Å². The maximum absolute atomic E-state index is 13.5. The highest BCUT2D eigenvalue weighted by Crippen LogP contribution is 2.29. The van der Waals surface area contributed by atoms with E-state index in [2.05, 4.69) is 36.1 Å². The molecule has 1 unspecified atom stereocenters. The SMILES string of the molecule is CCC(Cc1ccccc1)(C(=O)c1ccc(-c2ccccc2)cc1)N(C)C. The molecule has 0 aliphatic rings. The van der Waals surface area contributed by atoms with E-state index < -0.39 is 5.54 Å². The average Bonchev–Trinajstić information content (AvgIpc) is 2.73. The maximum Gasteiger partial charge on any atom is 0.183 e. The highest BCUT2D eigenvalue weighted by atomic mass is 16.1. The van der Waals surface area contributed by atoms with Gasteiger partial charge in [-0.2, -0.15) is 0 Å². The average molecular weight is 357 g/mol. The van der Waals surface area contributed by atoms with Crippen LogP contribution in [0.5, 0.6) is 0 Å². The lowest BCUT2D eigenvalue weighted by molar-refractivity contribution is 0.0666. The van der Waals surface area contributed by atoms with E-state index in [0.717, 1.165) is 23.1 Å². The number of Topliss-reactive ketones (excluding diaryl/α,β-unsaturated/α-hetero) is 1. The van der Waals surface area contributed by atoms with Crippen LogP contribution in [0.25, 0.3) is 11.1 Å². The van der Waals surface area contributed by atoms with Gasteiger partial charge in [0.2, 0.25) is 0 Å². The van der Waals surface area contributed by atoms with Crippen LogP contribution in [0.15, 0.2) is 84.9 Å². The Hall–Kier alpha value is -2.71. The summed E-state index contributed by atoms with van der Waals surface area (Å²) in [5.41, 5.74) is 3.69. The number of likely N-dealkylation sites (N-methyl/N-ethyl adjacent to an activating group) is 1. The first-order chi connectivity index (χ1) is 13.1. The number of hydrogen-bond acceptors (Lipinski definition) is 2. The molecule has 0 radical (unpaired) electrons. The van der Waals surface area contributed by atoms with Crippen molar-refractivity contribution < 1.29 is 4.79 Å². The smallest absolute Gasteiger partial charge is 0.183 e. The third kappa shape index (κ3) is 4.01. The summed E-state index contributed by atoms with van der Waals surface area (Å²) in [5.74, 6) is 0.179. The van der Waals surface area contributed by atoms with Gasteiger partial charge in [-0.05, 0) is 43.6 Å². The molecule has 0 saturated heterocycles. The minimum absolute atomic E-state index is 0.179. The lowest BCUT2D eigenvalue weighted by Gasteiger charge is -2.38. The minimum atomic E-state index is -0.546. The summed E-state index contributed by atoms with van der Waals surface area (Å²) in [5, 5.41) is 0. The first-order valence-corrected chi connectivity index (χ1v) is 9.48. The molecule has 0 heterocycles. The molecule has 1 atom stereocenters. The van der Waals surface area contributed by atoms with Gasteiger partial charge in [-0.25, -0.2) is 0 Å². The number of rotatable bonds is 7. The molecule has 0 N–H and O–H groups in total. The first-order valence-electron chi connectivity index (χ1n) is 9.48. The van der Waals surface area contributed by atoms with Gasteiger partial charge in [0.1, 0.15) is 0 Å². The predicted molar refractivity (Wildman–Crippen MR) is 113 cm³/mol. The van der Waals surface area contributed by atoms with Gasteiger partial charge in [0.15, 0.2) is 5.78 Å². The second kappa shape index (κ2) is 8.32. The third-order valence-electron chi connectivity index (χ3n) is 5.46. The van der Waals surface area contributed by atoms with Gasteiger partial charge >= 0.3 is 0 Å². The van der Waals surface area contributed by atoms with Crippen LogP contribution in [-0.2, 0) is 6.42 Å². The third-order valence-corrected chi connectivity index (χ3v) is 5.46. The Morgan fingerprint density at radius 3 is 1.81 bits per heavy atom. The highest BCUT2D eigenvalue weighted by molar-refractivity contribution is 6.03. The fraction of sp³-hybridized carbons (Fsp3) is 0.240. The second-order valence-corrected chi connectivity index (χ2v) is 7.21. The zero-order valence-electron chi connectivity index (χ0n) is 16.4. The van der Waals surface area contributed by atoms with Crippen molar-refractivity contribution in [2.75, 3.05) is 14.1 Å². The number of hydrogen-bond donors (Lipinski definition) is 0. The first kappa shape index (κ1) is 19.1. The van der Waals surface area contributed by atoms with Gasteiger partial charge in [-0.15, -0.1) is 0 Å². The summed E-state index contributed by atoms with van der Waals surface area (Å²) in [6.45, 7) is 2.10. The van der Waals surface area contributed by atoms with Crippen molar-refractivity contribution in [3.63, 3.8) is 0 Å². The molecule has 0 aliphatic carbocycles. The molecule has 3 aromatic rings. The standard InChI is InChI=1S/C25H27NO/c1-4-25(26(2)3,19-20-11-7-5-8-12-20)24(27)23-17-15-22(16-18-23)21-13-9-6-10-14-21/h5-18H,4,19H2,1-3H3. The summed E-state index contributed by atoms with van der Waals surface area (Å²) < 4.78 is 0. The normalized spacial score (nSPS) is 13.3. The highest BCUT2D eigenvalue weighted by Gasteiger charge is 2.39. The molecule has 2 heteroatoms. The van der Waals surface area contributed by atoms with Crippen LogP contribution in [0.2, 0.25) is 0 Å². The van der Waals surface area contributed by atoms with Gasteiger partial charge in [-0.3, -0.25) is 9.69 Å². The maximum atomic E-state index is 13.5. The summed E-state index contributed by atoms with van der Waals surface area (Å²) >= 11 is 0.